The van der Waals surface area contributed by atoms with Crippen LogP contribution in [-0.4, -0.2) is 30.3 Å². The zero-order valence-corrected chi connectivity index (χ0v) is 12.7. The number of aryl methyl sites for hydroxylation is 1. The van der Waals surface area contributed by atoms with E-state index in [-0.39, 0.29) is 6.04 Å². The lowest BCUT2D eigenvalue weighted by Crippen LogP contribution is -2.41. The largest absolute Gasteiger partial charge is 0.298 e. The number of likely N-dealkylation sites (tertiary alicyclic amines) is 1. The summed E-state index contributed by atoms with van der Waals surface area (Å²) in [6.45, 7) is 1.09. The minimum absolute atomic E-state index is 0.206. The van der Waals surface area contributed by atoms with E-state index in [9.17, 15) is 4.79 Å². The number of piperidine rings is 1. The molecule has 110 valence electrons. The Morgan fingerprint density at radius 2 is 1.95 bits per heavy atom. The molecule has 1 heterocycles. The number of likely N-dealkylation sites (N-methyl/N-ethyl adjacent to an activating group) is 1. The molecule has 1 aliphatic heterocycles. The maximum atomic E-state index is 12.2. The summed E-state index contributed by atoms with van der Waals surface area (Å²) >= 11 is 0. The van der Waals surface area contributed by atoms with Gasteiger partial charge < -0.3 is 0 Å². The van der Waals surface area contributed by atoms with Crippen molar-refractivity contribution in [2.75, 3.05) is 13.6 Å². The normalized spacial score (nSPS) is 19.9. The molecule has 0 N–H and O–H groups in total. The van der Waals surface area contributed by atoms with Crippen molar-refractivity contribution in [2.45, 2.75) is 57.4 Å². The van der Waals surface area contributed by atoms with Crippen LogP contribution >= 0.6 is 0 Å². The van der Waals surface area contributed by atoms with Crippen LogP contribution in [0.25, 0.3) is 0 Å². The lowest BCUT2D eigenvalue weighted by molar-refractivity contribution is -0.125. The van der Waals surface area contributed by atoms with E-state index in [1.165, 1.54) is 24.8 Å². The molecule has 2 rings (SSSR count). The highest BCUT2D eigenvalue weighted by molar-refractivity contribution is 5.84. The molecule has 0 amide bonds. The molecule has 0 aliphatic carbocycles. The molecular formula is C18H27NO. The van der Waals surface area contributed by atoms with Gasteiger partial charge in [0.25, 0.3) is 0 Å². The standard InChI is InChI=1S/C18H27NO/c1-19-15-9-8-13-17(19)18(20)14-7-3-6-12-16-10-4-2-5-11-16/h2,4-5,10-11,17H,3,6-9,12-15H2,1H3/t17-/m0/s1. The first kappa shape index (κ1) is 15.2. The zero-order chi connectivity index (χ0) is 14.2. The number of benzene rings is 1. The Hall–Kier alpha value is -1.15. The maximum absolute atomic E-state index is 12.2. The summed E-state index contributed by atoms with van der Waals surface area (Å²) in [6, 6.07) is 10.8. The van der Waals surface area contributed by atoms with E-state index in [4.69, 9.17) is 0 Å². The second-order valence-corrected chi connectivity index (χ2v) is 6.00. The lowest BCUT2D eigenvalue weighted by Gasteiger charge is -2.31. The third-order valence-electron chi connectivity index (χ3n) is 4.37. The van der Waals surface area contributed by atoms with Crippen LogP contribution in [0.2, 0.25) is 0 Å². The van der Waals surface area contributed by atoms with Crippen molar-refractivity contribution < 1.29 is 4.79 Å². The molecule has 0 spiro atoms. The Morgan fingerprint density at radius 1 is 1.15 bits per heavy atom. The summed E-state index contributed by atoms with van der Waals surface area (Å²) in [4.78, 5) is 14.4. The summed E-state index contributed by atoms with van der Waals surface area (Å²) in [7, 11) is 2.09. The molecule has 1 fully saturated rings. The van der Waals surface area contributed by atoms with Gasteiger partial charge in [0.15, 0.2) is 0 Å². The fourth-order valence-electron chi connectivity index (χ4n) is 3.10. The lowest BCUT2D eigenvalue weighted by atomic mass is 9.95. The number of nitrogens with zero attached hydrogens (tertiary/aromatic N) is 1. The summed E-state index contributed by atoms with van der Waals surface area (Å²) in [5.74, 6) is 0.465. The number of ketones is 1. The van der Waals surface area contributed by atoms with Crippen molar-refractivity contribution in [1.29, 1.82) is 0 Å². The van der Waals surface area contributed by atoms with Crippen molar-refractivity contribution in [3.05, 3.63) is 35.9 Å². The maximum Gasteiger partial charge on any atom is 0.149 e. The smallest absolute Gasteiger partial charge is 0.149 e. The molecule has 2 nitrogen and oxygen atoms in total. The van der Waals surface area contributed by atoms with Crippen molar-refractivity contribution in [2.24, 2.45) is 0 Å². The highest BCUT2D eigenvalue weighted by Crippen LogP contribution is 2.18. The Kier molecular flexibility index (Phi) is 6.25. The predicted octanol–water partition coefficient (Wildman–Crippen LogP) is 3.84. The number of carbonyl (C=O) groups is 1. The molecule has 1 aromatic carbocycles. The molecule has 1 atom stereocenters. The van der Waals surface area contributed by atoms with E-state index in [2.05, 4.69) is 42.3 Å². The predicted molar refractivity (Wildman–Crippen MR) is 83.9 cm³/mol. The van der Waals surface area contributed by atoms with E-state index < -0.39 is 0 Å². The first-order chi connectivity index (χ1) is 9.77. The molecule has 0 radical (unpaired) electrons. The minimum atomic E-state index is 0.206. The van der Waals surface area contributed by atoms with Crippen molar-refractivity contribution in [1.82, 2.24) is 4.90 Å². The second kappa shape index (κ2) is 8.21. The van der Waals surface area contributed by atoms with Gasteiger partial charge in [-0.1, -0.05) is 43.2 Å². The van der Waals surface area contributed by atoms with Gasteiger partial charge >= 0.3 is 0 Å². The van der Waals surface area contributed by atoms with Crippen LogP contribution < -0.4 is 0 Å². The highest BCUT2D eigenvalue weighted by atomic mass is 16.1. The summed E-state index contributed by atoms with van der Waals surface area (Å²) < 4.78 is 0. The fourth-order valence-corrected chi connectivity index (χ4v) is 3.10. The first-order valence-electron chi connectivity index (χ1n) is 8.04. The highest BCUT2D eigenvalue weighted by Gasteiger charge is 2.24. The number of rotatable bonds is 7. The topological polar surface area (TPSA) is 20.3 Å². The first-order valence-corrected chi connectivity index (χ1v) is 8.04. The van der Waals surface area contributed by atoms with Gasteiger partial charge in [0, 0.05) is 6.42 Å². The van der Waals surface area contributed by atoms with E-state index in [0.717, 1.165) is 38.6 Å². The van der Waals surface area contributed by atoms with Gasteiger partial charge in [-0.25, -0.2) is 0 Å². The van der Waals surface area contributed by atoms with Crippen molar-refractivity contribution in [3.63, 3.8) is 0 Å². The molecule has 0 saturated carbocycles. The average molecular weight is 273 g/mol. The molecule has 0 unspecified atom stereocenters. The van der Waals surface area contributed by atoms with Crippen molar-refractivity contribution in [3.8, 4) is 0 Å². The molecule has 0 bridgehead atoms. The Labute approximate surface area is 123 Å². The van der Waals surface area contributed by atoms with Crippen LogP contribution in [-0.2, 0) is 11.2 Å². The van der Waals surface area contributed by atoms with Crippen LogP contribution in [0.15, 0.2) is 30.3 Å². The van der Waals surface area contributed by atoms with Crippen LogP contribution in [0.4, 0.5) is 0 Å². The second-order valence-electron chi connectivity index (χ2n) is 6.00. The summed E-state index contributed by atoms with van der Waals surface area (Å²) in [6.07, 6.45) is 8.85. The van der Waals surface area contributed by atoms with E-state index in [1.807, 2.05) is 0 Å². The molecule has 2 heteroatoms. The zero-order valence-electron chi connectivity index (χ0n) is 12.7. The van der Waals surface area contributed by atoms with Gasteiger partial charge in [0.05, 0.1) is 6.04 Å². The molecule has 1 aromatic rings. The number of unbranched alkanes of at least 4 members (excludes halogenated alkanes) is 2. The molecular weight excluding hydrogens is 246 g/mol. The molecule has 20 heavy (non-hydrogen) atoms. The van der Waals surface area contributed by atoms with Gasteiger partial charge in [0.1, 0.15) is 5.78 Å². The van der Waals surface area contributed by atoms with Gasteiger partial charge in [0.2, 0.25) is 0 Å². The monoisotopic (exact) mass is 273 g/mol. The number of hydrogen-bond acceptors (Lipinski definition) is 2. The van der Waals surface area contributed by atoms with Crippen LogP contribution in [0.3, 0.4) is 0 Å². The van der Waals surface area contributed by atoms with Gasteiger partial charge in [-0.2, -0.15) is 0 Å². The van der Waals surface area contributed by atoms with Crippen LogP contribution in [0, 0.1) is 0 Å². The number of Topliss-reactive ketones (excluding diaryl/α,β-unsaturated/α-hetero) is 1. The summed E-state index contributed by atoms with van der Waals surface area (Å²) in [5, 5.41) is 0. The van der Waals surface area contributed by atoms with E-state index in [1.54, 1.807) is 0 Å². The van der Waals surface area contributed by atoms with Gasteiger partial charge in [-0.05, 0) is 51.3 Å². The minimum Gasteiger partial charge on any atom is -0.298 e. The van der Waals surface area contributed by atoms with Gasteiger partial charge in [-0.3, -0.25) is 9.69 Å². The Balaban J connectivity index is 1.59. The van der Waals surface area contributed by atoms with Gasteiger partial charge in [-0.15, -0.1) is 0 Å². The molecule has 1 aliphatic rings. The van der Waals surface area contributed by atoms with E-state index in [0.29, 0.717) is 5.78 Å². The van der Waals surface area contributed by atoms with Crippen LogP contribution in [0.1, 0.15) is 50.5 Å². The third kappa shape index (κ3) is 4.75. The Bertz CT molecular complexity index is 401. The van der Waals surface area contributed by atoms with Crippen molar-refractivity contribution >= 4 is 5.78 Å². The molecule has 1 saturated heterocycles. The number of hydrogen-bond donors (Lipinski definition) is 0. The van der Waals surface area contributed by atoms with E-state index >= 15 is 0 Å². The molecule has 0 aromatic heterocycles. The van der Waals surface area contributed by atoms with Crippen LogP contribution in [0.5, 0.6) is 0 Å². The SMILES string of the molecule is CN1CCCC[C@H]1C(=O)CCCCCc1ccccc1. The number of carbonyl (C=O) groups excluding carboxylic acids is 1. The third-order valence-corrected chi connectivity index (χ3v) is 4.37. The fraction of sp³-hybridized carbons (Fsp3) is 0.611. The average Bonchev–Trinajstić information content (AvgIpc) is 2.48. The quantitative estimate of drug-likeness (QED) is 0.703. The summed E-state index contributed by atoms with van der Waals surface area (Å²) in [5.41, 5.74) is 1.41. The Morgan fingerprint density at radius 3 is 2.70 bits per heavy atom.